The van der Waals surface area contributed by atoms with E-state index in [0.29, 0.717) is 6.42 Å². The van der Waals surface area contributed by atoms with Crippen LogP contribution in [0.3, 0.4) is 0 Å². The van der Waals surface area contributed by atoms with Gasteiger partial charge in [-0.25, -0.2) is 0 Å². The summed E-state index contributed by atoms with van der Waals surface area (Å²) >= 11 is 0. The van der Waals surface area contributed by atoms with Crippen molar-refractivity contribution in [1.29, 1.82) is 5.26 Å². The molecular weight excluding hydrogens is 280 g/mol. The standard InChI is InChI=1S/C15H32N6O/c1-21-14(19)9-3-7-12(17)5-2-6-13(18)8-4-10-15(20,22)11-16/h12-14,22H,1-10,17-20H2. The van der Waals surface area contributed by atoms with E-state index in [1.807, 2.05) is 0 Å². The predicted octanol–water partition coefficient (Wildman–Crippen LogP) is 0.308. The number of hydrogen-bond donors (Lipinski definition) is 5. The minimum absolute atomic E-state index is 0.0556. The molecule has 0 aromatic heterocycles. The van der Waals surface area contributed by atoms with Crippen molar-refractivity contribution in [3.63, 3.8) is 0 Å². The van der Waals surface area contributed by atoms with Crippen molar-refractivity contribution in [3.8, 4) is 6.07 Å². The van der Waals surface area contributed by atoms with Crippen LogP contribution >= 0.6 is 0 Å². The van der Waals surface area contributed by atoms with Gasteiger partial charge >= 0.3 is 0 Å². The summed E-state index contributed by atoms with van der Waals surface area (Å²) in [5, 5.41) is 18.0. The summed E-state index contributed by atoms with van der Waals surface area (Å²) in [6.45, 7) is 3.41. The molecule has 9 N–H and O–H groups in total. The van der Waals surface area contributed by atoms with Crippen LogP contribution in [0.5, 0.6) is 0 Å². The van der Waals surface area contributed by atoms with E-state index in [1.165, 1.54) is 0 Å². The third-order valence-electron chi connectivity index (χ3n) is 3.79. The number of nitrogens with zero attached hydrogens (tertiary/aromatic N) is 2. The number of aliphatic hydroxyl groups is 1. The summed E-state index contributed by atoms with van der Waals surface area (Å²) in [5.41, 5.74) is 21.3. The van der Waals surface area contributed by atoms with Gasteiger partial charge in [-0.3, -0.25) is 10.7 Å². The van der Waals surface area contributed by atoms with Crippen molar-refractivity contribution in [2.75, 3.05) is 0 Å². The van der Waals surface area contributed by atoms with Gasteiger partial charge in [0, 0.05) is 18.5 Å². The molecule has 0 aliphatic carbocycles. The SMILES string of the molecule is C=NC(N)CCCC(N)CCCC(N)CCCC(N)(O)C#N. The van der Waals surface area contributed by atoms with Crippen molar-refractivity contribution >= 4 is 6.72 Å². The highest BCUT2D eigenvalue weighted by atomic mass is 16.3. The Labute approximate surface area is 133 Å². The quantitative estimate of drug-likeness (QED) is 0.187. The molecule has 0 saturated carbocycles. The molecule has 0 rings (SSSR count). The van der Waals surface area contributed by atoms with Gasteiger partial charge < -0.3 is 22.3 Å². The number of hydrogen-bond acceptors (Lipinski definition) is 7. The van der Waals surface area contributed by atoms with E-state index >= 15 is 0 Å². The van der Waals surface area contributed by atoms with E-state index in [1.54, 1.807) is 6.07 Å². The molecule has 0 aliphatic heterocycles. The second-order valence-electron chi connectivity index (χ2n) is 6.06. The summed E-state index contributed by atoms with van der Waals surface area (Å²) in [4.78, 5) is 3.75. The minimum Gasteiger partial charge on any atom is -0.364 e. The normalized spacial score (nSPS) is 18.0. The number of aliphatic imine (C=N–C) groups is 1. The zero-order chi connectivity index (χ0) is 17.0. The Morgan fingerprint density at radius 1 is 1.00 bits per heavy atom. The molecule has 0 spiro atoms. The van der Waals surface area contributed by atoms with Crippen LogP contribution in [0.15, 0.2) is 4.99 Å². The number of nitriles is 1. The first-order valence-electron chi connectivity index (χ1n) is 7.96. The van der Waals surface area contributed by atoms with Crippen LogP contribution in [-0.4, -0.2) is 35.8 Å². The Morgan fingerprint density at radius 3 is 1.91 bits per heavy atom. The van der Waals surface area contributed by atoms with Crippen molar-refractivity contribution in [2.45, 2.75) is 81.8 Å². The maximum Gasteiger partial charge on any atom is 0.202 e. The van der Waals surface area contributed by atoms with Crippen LogP contribution in [0.2, 0.25) is 0 Å². The highest BCUT2D eigenvalue weighted by Crippen LogP contribution is 2.13. The second kappa shape index (κ2) is 11.5. The smallest absolute Gasteiger partial charge is 0.202 e. The fraction of sp³-hybridized carbons (Fsp3) is 0.867. The van der Waals surface area contributed by atoms with Crippen LogP contribution in [0.25, 0.3) is 0 Å². The lowest BCUT2D eigenvalue weighted by Crippen LogP contribution is -2.37. The first-order valence-corrected chi connectivity index (χ1v) is 7.96. The Kier molecular flexibility index (Phi) is 11.0. The molecule has 0 aromatic carbocycles. The third-order valence-corrected chi connectivity index (χ3v) is 3.79. The van der Waals surface area contributed by atoms with Gasteiger partial charge in [0.15, 0.2) is 0 Å². The number of rotatable bonds is 13. The molecule has 0 bridgehead atoms. The molecule has 0 heterocycles. The average molecular weight is 312 g/mol. The van der Waals surface area contributed by atoms with Crippen molar-refractivity contribution < 1.29 is 5.11 Å². The Balaban J connectivity index is 3.60. The number of nitrogens with two attached hydrogens (primary N) is 4. The predicted molar refractivity (Wildman–Crippen MR) is 89.8 cm³/mol. The maximum absolute atomic E-state index is 9.36. The maximum atomic E-state index is 9.36. The zero-order valence-corrected chi connectivity index (χ0v) is 13.5. The van der Waals surface area contributed by atoms with Crippen molar-refractivity contribution in [1.82, 2.24) is 0 Å². The van der Waals surface area contributed by atoms with Crippen LogP contribution in [0.4, 0.5) is 0 Å². The summed E-state index contributed by atoms with van der Waals surface area (Å²) in [7, 11) is 0. The largest absolute Gasteiger partial charge is 0.364 e. The van der Waals surface area contributed by atoms with E-state index < -0.39 is 5.72 Å². The van der Waals surface area contributed by atoms with Gasteiger partial charge in [0.2, 0.25) is 5.72 Å². The van der Waals surface area contributed by atoms with E-state index in [2.05, 4.69) is 11.7 Å². The van der Waals surface area contributed by atoms with Gasteiger partial charge in [-0.05, 0) is 51.7 Å². The van der Waals surface area contributed by atoms with Gasteiger partial charge in [-0.2, -0.15) is 5.26 Å². The van der Waals surface area contributed by atoms with Gasteiger partial charge in [0.25, 0.3) is 0 Å². The van der Waals surface area contributed by atoms with Crippen LogP contribution < -0.4 is 22.9 Å². The average Bonchev–Trinajstić information content (AvgIpc) is 2.46. The molecule has 4 atom stereocenters. The lowest BCUT2D eigenvalue weighted by atomic mass is 9.98. The molecule has 0 radical (unpaired) electrons. The highest BCUT2D eigenvalue weighted by molar-refractivity contribution is 5.23. The lowest BCUT2D eigenvalue weighted by molar-refractivity contribution is 0.0929. The summed E-state index contributed by atoms with van der Waals surface area (Å²) < 4.78 is 0. The minimum atomic E-state index is -1.73. The molecule has 128 valence electrons. The van der Waals surface area contributed by atoms with Crippen molar-refractivity contribution in [2.24, 2.45) is 27.9 Å². The lowest BCUT2D eigenvalue weighted by Gasteiger charge is -2.17. The summed E-state index contributed by atoms with van der Waals surface area (Å²) in [5.74, 6) is 0. The van der Waals surface area contributed by atoms with Crippen LogP contribution in [0.1, 0.15) is 57.8 Å². The van der Waals surface area contributed by atoms with E-state index in [4.69, 9.17) is 28.2 Å². The molecule has 22 heavy (non-hydrogen) atoms. The summed E-state index contributed by atoms with van der Waals surface area (Å²) in [6.07, 6.45) is 6.94. The molecule has 0 saturated heterocycles. The monoisotopic (exact) mass is 312 g/mol. The Morgan fingerprint density at radius 2 is 1.45 bits per heavy atom. The van der Waals surface area contributed by atoms with E-state index in [0.717, 1.165) is 44.9 Å². The highest BCUT2D eigenvalue weighted by Gasteiger charge is 2.19. The van der Waals surface area contributed by atoms with Gasteiger partial charge in [-0.1, -0.05) is 6.42 Å². The van der Waals surface area contributed by atoms with Gasteiger partial charge in [-0.15, -0.1) is 0 Å². The van der Waals surface area contributed by atoms with Crippen LogP contribution in [-0.2, 0) is 0 Å². The first-order chi connectivity index (χ1) is 10.3. The molecule has 0 amide bonds. The van der Waals surface area contributed by atoms with Crippen molar-refractivity contribution in [3.05, 3.63) is 0 Å². The fourth-order valence-electron chi connectivity index (χ4n) is 2.30. The zero-order valence-electron chi connectivity index (χ0n) is 13.5. The van der Waals surface area contributed by atoms with E-state index in [-0.39, 0.29) is 24.7 Å². The first kappa shape index (κ1) is 21.0. The second-order valence-corrected chi connectivity index (χ2v) is 6.06. The molecule has 7 nitrogen and oxygen atoms in total. The molecule has 0 fully saturated rings. The van der Waals surface area contributed by atoms with E-state index in [9.17, 15) is 5.11 Å². The molecule has 0 aromatic rings. The Hall–Kier alpha value is -1.04. The summed E-state index contributed by atoms with van der Waals surface area (Å²) in [6, 6.07) is 1.88. The molecule has 4 unspecified atom stereocenters. The molecular formula is C15H32N6O. The van der Waals surface area contributed by atoms with Gasteiger partial charge in [0.1, 0.15) is 6.07 Å². The van der Waals surface area contributed by atoms with Gasteiger partial charge in [0.05, 0.1) is 6.17 Å². The molecule has 7 heteroatoms. The Bertz CT molecular complexity index is 341. The van der Waals surface area contributed by atoms with Crippen LogP contribution in [0, 0.1) is 11.3 Å². The topological polar surface area (TPSA) is 160 Å². The molecule has 0 aliphatic rings. The third kappa shape index (κ3) is 11.6. The fourth-order valence-corrected chi connectivity index (χ4v) is 2.30.